The summed E-state index contributed by atoms with van der Waals surface area (Å²) in [7, 11) is 0. The molecule has 0 aliphatic rings. The van der Waals surface area contributed by atoms with E-state index < -0.39 is 0 Å². The Balaban J connectivity index is 2.08. The van der Waals surface area contributed by atoms with Crippen LogP contribution < -0.4 is 11.1 Å². The smallest absolute Gasteiger partial charge is 0.249 e. The molecule has 0 atom stereocenters. The number of aryl methyl sites for hydroxylation is 2. The third-order valence-electron chi connectivity index (χ3n) is 2.84. The van der Waals surface area contributed by atoms with Gasteiger partial charge in [-0.05, 0) is 43.2 Å². The molecular formula is C14H15BrN2OS. The summed E-state index contributed by atoms with van der Waals surface area (Å²) >= 11 is 5.09. The van der Waals surface area contributed by atoms with Gasteiger partial charge in [0, 0.05) is 27.0 Å². The first kappa shape index (κ1) is 14.1. The molecule has 3 N–H and O–H groups in total. The lowest BCUT2D eigenvalue weighted by molar-refractivity contribution is 0.100. The molecular weight excluding hydrogens is 324 g/mol. The zero-order valence-corrected chi connectivity index (χ0v) is 13.2. The van der Waals surface area contributed by atoms with E-state index in [4.69, 9.17) is 5.73 Å². The fourth-order valence-corrected chi connectivity index (χ4v) is 2.88. The van der Waals surface area contributed by atoms with Crippen LogP contribution in [0.25, 0.3) is 0 Å². The van der Waals surface area contributed by atoms with Crippen molar-refractivity contribution in [3.63, 3.8) is 0 Å². The van der Waals surface area contributed by atoms with E-state index in [0.717, 1.165) is 15.0 Å². The lowest BCUT2D eigenvalue weighted by Gasteiger charge is -2.09. The average molecular weight is 339 g/mol. The van der Waals surface area contributed by atoms with Crippen LogP contribution in [0.2, 0.25) is 0 Å². The Morgan fingerprint density at radius 2 is 1.95 bits per heavy atom. The third-order valence-corrected chi connectivity index (χ3v) is 5.03. The first-order valence-corrected chi connectivity index (χ1v) is 7.52. The molecule has 5 heteroatoms. The van der Waals surface area contributed by atoms with Crippen molar-refractivity contribution in [3.8, 4) is 0 Å². The number of carbonyl (C=O) groups excluding carboxylic acids is 1. The number of hydrogen-bond acceptors (Lipinski definition) is 3. The lowest BCUT2D eigenvalue weighted by atomic mass is 10.1. The fraction of sp³-hybridized carbons (Fsp3) is 0.214. The standard InChI is InChI=1S/C14H15BrN2OS/c1-8-3-11(4-9(2)13(8)15)17-6-12-5-10(7-19-12)14(16)18/h3-5,7,17H,6H2,1-2H3,(H2,16,18). The van der Waals surface area contributed by atoms with Crippen molar-refractivity contribution in [1.29, 1.82) is 0 Å². The number of anilines is 1. The predicted molar refractivity (Wildman–Crippen MR) is 83.8 cm³/mol. The Hall–Kier alpha value is -1.33. The molecule has 1 amide bonds. The molecule has 1 heterocycles. The molecule has 1 aromatic heterocycles. The molecule has 100 valence electrons. The minimum Gasteiger partial charge on any atom is -0.380 e. The lowest BCUT2D eigenvalue weighted by Crippen LogP contribution is -2.09. The van der Waals surface area contributed by atoms with Crippen molar-refractivity contribution in [3.05, 3.63) is 49.6 Å². The summed E-state index contributed by atoms with van der Waals surface area (Å²) in [6.07, 6.45) is 0. The maximum atomic E-state index is 11.0. The second-order valence-corrected chi connectivity index (χ2v) is 6.23. The first-order valence-electron chi connectivity index (χ1n) is 5.85. The monoisotopic (exact) mass is 338 g/mol. The normalized spacial score (nSPS) is 10.5. The van der Waals surface area contributed by atoms with E-state index in [1.54, 1.807) is 5.38 Å². The first-order chi connectivity index (χ1) is 8.97. The number of nitrogens with one attached hydrogen (secondary N) is 1. The van der Waals surface area contributed by atoms with E-state index in [-0.39, 0.29) is 5.91 Å². The second kappa shape index (κ2) is 5.75. The van der Waals surface area contributed by atoms with Crippen molar-refractivity contribution >= 4 is 38.9 Å². The minimum atomic E-state index is -0.377. The van der Waals surface area contributed by atoms with Crippen molar-refractivity contribution in [1.82, 2.24) is 0 Å². The second-order valence-electron chi connectivity index (χ2n) is 4.44. The molecule has 1 aromatic carbocycles. The number of hydrogen-bond donors (Lipinski definition) is 2. The topological polar surface area (TPSA) is 55.1 Å². The zero-order chi connectivity index (χ0) is 14.0. The van der Waals surface area contributed by atoms with Crippen LogP contribution in [0.4, 0.5) is 5.69 Å². The molecule has 19 heavy (non-hydrogen) atoms. The molecule has 0 aliphatic carbocycles. The van der Waals surface area contributed by atoms with Crippen LogP contribution in [-0.4, -0.2) is 5.91 Å². The van der Waals surface area contributed by atoms with Crippen molar-refractivity contribution in [2.75, 3.05) is 5.32 Å². The highest BCUT2D eigenvalue weighted by atomic mass is 79.9. The van der Waals surface area contributed by atoms with Gasteiger partial charge in [0.05, 0.1) is 5.56 Å². The molecule has 0 aliphatic heterocycles. The molecule has 0 saturated heterocycles. The quantitative estimate of drug-likeness (QED) is 0.889. The molecule has 2 rings (SSSR count). The van der Waals surface area contributed by atoms with Gasteiger partial charge in [-0.25, -0.2) is 0 Å². The molecule has 0 radical (unpaired) electrons. The summed E-state index contributed by atoms with van der Waals surface area (Å²) in [6, 6.07) is 6.03. The van der Waals surface area contributed by atoms with Crippen molar-refractivity contribution in [2.24, 2.45) is 5.73 Å². The van der Waals surface area contributed by atoms with Gasteiger partial charge in [0.25, 0.3) is 0 Å². The van der Waals surface area contributed by atoms with Crippen LogP contribution in [0.15, 0.2) is 28.1 Å². The highest BCUT2D eigenvalue weighted by molar-refractivity contribution is 9.10. The van der Waals surface area contributed by atoms with Crippen LogP contribution >= 0.6 is 27.3 Å². The number of primary amides is 1. The van der Waals surface area contributed by atoms with Gasteiger partial charge in [0.1, 0.15) is 0 Å². The minimum absolute atomic E-state index is 0.377. The van der Waals surface area contributed by atoms with Gasteiger partial charge < -0.3 is 11.1 Å². The van der Waals surface area contributed by atoms with E-state index in [2.05, 4.69) is 47.2 Å². The maximum absolute atomic E-state index is 11.0. The van der Waals surface area contributed by atoms with Crippen LogP contribution in [0.3, 0.4) is 0 Å². The molecule has 0 fully saturated rings. The molecule has 3 nitrogen and oxygen atoms in total. The Morgan fingerprint density at radius 1 is 1.32 bits per heavy atom. The van der Waals surface area contributed by atoms with Gasteiger partial charge in [-0.3, -0.25) is 4.79 Å². The Kier molecular flexibility index (Phi) is 4.27. The summed E-state index contributed by atoms with van der Waals surface area (Å²) in [5.41, 5.74) is 9.28. The molecule has 0 bridgehead atoms. The summed E-state index contributed by atoms with van der Waals surface area (Å²) < 4.78 is 1.14. The molecule has 0 saturated carbocycles. The summed E-state index contributed by atoms with van der Waals surface area (Å²) in [6.45, 7) is 4.83. The average Bonchev–Trinajstić information content (AvgIpc) is 2.82. The summed E-state index contributed by atoms with van der Waals surface area (Å²) in [5, 5.41) is 5.15. The number of benzene rings is 1. The molecule has 0 unspecified atom stereocenters. The zero-order valence-electron chi connectivity index (χ0n) is 10.8. The van der Waals surface area contributed by atoms with Crippen LogP contribution in [0.1, 0.15) is 26.4 Å². The van der Waals surface area contributed by atoms with Crippen molar-refractivity contribution < 1.29 is 4.79 Å². The summed E-state index contributed by atoms with van der Waals surface area (Å²) in [5.74, 6) is -0.377. The molecule has 2 aromatic rings. The van der Waals surface area contributed by atoms with E-state index in [0.29, 0.717) is 12.1 Å². The number of rotatable bonds is 4. The van der Waals surface area contributed by atoms with Gasteiger partial charge >= 0.3 is 0 Å². The number of carbonyl (C=O) groups is 1. The highest BCUT2D eigenvalue weighted by Gasteiger charge is 2.06. The predicted octanol–water partition coefficient (Wildman–Crippen LogP) is 3.84. The Labute approximate surface area is 125 Å². The van der Waals surface area contributed by atoms with E-state index >= 15 is 0 Å². The van der Waals surface area contributed by atoms with Crippen LogP contribution in [-0.2, 0) is 6.54 Å². The van der Waals surface area contributed by atoms with Gasteiger partial charge in [-0.2, -0.15) is 0 Å². The number of nitrogens with two attached hydrogens (primary N) is 1. The Morgan fingerprint density at radius 3 is 2.47 bits per heavy atom. The van der Waals surface area contributed by atoms with Crippen LogP contribution in [0, 0.1) is 13.8 Å². The third kappa shape index (κ3) is 3.36. The maximum Gasteiger partial charge on any atom is 0.249 e. The molecule has 0 spiro atoms. The van der Waals surface area contributed by atoms with Crippen molar-refractivity contribution in [2.45, 2.75) is 20.4 Å². The van der Waals surface area contributed by atoms with Gasteiger partial charge in [0.15, 0.2) is 0 Å². The number of halogens is 1. The van der Waals surface area contributed by atoms with E-state index in [1.807, 2.05) is 6.07 Å². The highest BCUT2D eigenvalue weighted by Crippen LogP contribution is 2.25. The summed E-state index contributed by atoms with van der Waals surface area (Å²) in [4.78, 5) is 12.1. The van der Waals surface area contributed by atoms with Gasteiger partial charge in [-0.15, -0.1) is 11.3 Å². The van der Waals surface area contributed by atoms with Gasteiger partial charge in [-0.1, -0.05) is 15.9 Å². The fourth-order valence-electron chi connectivity index (χ4n) is 1.84. The number of amides is 1. The van der Waals surface area contributed by atoms with E-state index in [1.165, 1.54) is 22.5 Å². The van der Waals surface area contributed by atoms with E-state index in [9.17, 15) is 4.79 Å². The SMILES string of the molecule is Cc1cc(NCc2cc(C(N)=O)cs2)cc(C)c1Br. The largest absolute Gasteiger partial charge is 0.380 e. The Bertz CT molecular complexity index is 599. The number of thiophene rings is 1. The van der Waals surface area contributed by atoms with Gasteiger partial charge in [0.2, 0.25) is 5.91 Å². The van der Waals surface area contributed by atoms with Crippen LogP contribution in [0.5, 0.6) is 0 Å².